The van der Waals surface area contributed by atoms with E-state index in [-0.39, 0.29) is 0 Å². The average molecular weight is 161 g/mol. The van der Waals surface area contributed by atoms with Crippen LogP contribution in [0.25, 0.3) is 0 Å². The molecular weight excluding hydrogens is 154 g/mol. The molecule has 60 valence electrons. The summed E-state index contributed by atoms with van der Waals surface area (Å²) in [5.74, 6) is 0.829. The van der Waals surface area contributed by atoms with Crippen molar-refractivity contribution in [2.45, 2.75) is 0 Å². The third-order valence-electron chi connectivity index (χ3n) is 1.68. The van der Waals surface area contributed by atoms with Crippen molar-refractivity contribution in [3.8, 4) is 0 Å². The lowest BCUT2D eigenvalue weighted by Gasteiger charge is -2.23. The maximum absolute atomic E-state index is 10.4. The van der Waals surface area contributed by atoms with Gasteiger partial charge in [0.15, 0.2) is 0 Å². The Balaban J connectivity index is 2.31. The molecule has 0 unspecified atom stereocenters. The number of hydrogen-bond donors (Lipinski definition) is 0. The Labute approximate surface area is 69.6 Å². The summed E-state index contributed by atoms with van der Waals surface area (Å²) in [6, 6.07) is 0. The first-order valence-corrected chi connectivity index (χ1v) is 3.58. The molecule has 0 N–H and O–H groups in total. The molecule has 0 aromatic rings. The molecule has 0 aliphatic carbocycles. The molecule has 0 fully saturated rings. The van der Waals surface area contributed by atoms with E-state index in [9.17, 15) is 4.79 Å². The van der Waals surface area contributed by atoms with Crippen LogP contribution < -0.4 is 0 Å². The zero-order chi connectivity index (χ0) is 8.39. The van der Waals surface area contributed by atoms with Crippen LogP contribution in [0, 0.1) is 0 Å². The highest BCUT2D eigenvalue weighted by Gasteiger charge is 2.14. The van der Waals surface area contributed by atoms with E-state index in [0.717, 1.165) is 12.1 Å². The summed E-state index contributed by atoms with van der Waals surface area (Å²) in [5.41, 5.74) is 0.667. The van der Waals surface area contributed by atoms with Gasteiger partial charge in [-0.1, -0.05) is 0 Å². The number of aliphatic imine (C=N–C) groups is 2. The molecule has 0 amide bonds. The van der Waals surface area contributed by atoms with Crippen LogP contribution in [0.15, 0.2) is 34.0 Å². The second kappa shape index (κ2) is 2.73. The number of amidine groups is 1. The predicted octanol–water partition coefficient (Wildman–Crippen LogP) is 0.339. The number of aldehydes is 1. The monoisotopic (exact) mass is 161 g/mol. The van der Waals surface area contributed by atoms with Crippen molar-refractivity contribution in [2.24, 2.45) is 9.98 Å². The molecule has 0 aromatic heterocycles. The summed E-state index contributed by atoms with van der Waals surface area (Å²) >= 11 is 0. The summed E-state index contributed by atoms with van der Waals surface area (Å²) in [4.78, 5) is 20.2. The Hall–Kier alpha value is -1.71. The van der Waals surface area contributed by atoms with Crippen molar-refractivity contribution in [3.63, 3.8) is 0 Å². The highest BCUT2D eigenvalue weighted by atomic mass is 16.1. The maximum atomic E-state index is 10.4. The third-order valence-corrected chi connectivity index (χ3v) is 1.68. The summed E-state index contributed by atoms with van der Waals surface area (Å²) in [6.45, 7) is 0.566. The normalized spacial score (nSPS) is 19.8. The summed E-state index contributed by atoms with van der Waals surface area (Å²) in [7, 11) is 0. The molecule has 2 rings (SSSR count). The SMILES string of the molecule is O=CC1=CN=C2C=CN=CN2C1. The topological polar surface area (TPSA) is 45.0 Å². The molecule has 2 aliphatic heterocycles. The Morgan fingerprint density at radius 3 is 3.33 bits per heavy atom. The van der Waals surface area contributed by atoms with Gasteiger partial charge in [-0.3, -0.25) is 4.79 Å². The molecule has 0 spiro atoms. The molecule has 4 heteroatoms. The molecule has 2 heterocycles. The first-order chi connectivity index (χ1) is 5.90. The zero-order valence-electron chi connectivity index (χ0n) is 6.34. The molecule has 0 aromatic carbocycles. The van der Waals surface area contributed by atoms with Crippen molar-refractivity contribution in [1.29, 1.82) is 0 Å². The number of hydrogen-bond acceptors (Lipinski definition) is 4. The summed E-state index contributed by atoms with van der Waals surface area (Å²) in [6.07, 6.45) is 7.54. The van der Waals surface area contributed by atoms with Crippen LogP contribution in [-0.4, -0.2) is 29.9 Å². The number of rotatable bonds is 1. The minimum atomic E-state index is 0.566. The van der Waals surface area contributed by atoms with Gasteiger partial charge in [-0.2, -0.15) is 0 Å². The highest BCUT2D eigenvalue weighted by molar-refractivity contribution is 6.03. The van der Waals surface area contributed by atoms with E-state index in [2.05, 4.69) is 9.98 Å². The minimum absolute atomic E-state index is 0.566. The largest absolute Gasteiger partial charge is 0.312 e. The van der Waals surface area contributed by atoms with Crippen molar-refractivity contribution in [3.05, 3.63) is 24.0 Å². The van der Waals surface area contributed by atoms with Gasteiger partial charge in [0, 0.05) is 18.0 Å². The quantitative estimate of drug-likeness (QED) is 0.520. The van der Waals surface area contributed by atoms with E-state index < -0.39 is 0 Å². The number of nitrogens with zero attached hydrogens (tertiary/aromatic N) is 3. The molecule has 0 saturated carbocycles. The molecule has 0 atom stereocenters. The molecule has 0 bridgehead atoms. The highest BCUT2D eigenvalue weighted by Crippen LogP contribution is 2.07. The predicted molar refractivity (Wildman–Crippen MR) is 45.9 cm³/mol. The number of carbonyl (C=O) groups excluding carboxylic acids is 1. The molecule has 0 radical (unpaired) electrons. The molecule has 0 saturated heterocycles. The van der Waals surface area contributed by atoms with Crippen molar-refractivity contribution >= 4 is 18.5 Å². The number of fused-ring (bicyclic) bond motifs is 1. The van der Waals surface area contributed by atoms with Gasteiger partial charge in [0.1, 0.15) is 12.1 Å². The summed E-state index contributed by atoms with van der Waals surface area (Å²) < 4.78 is 0. The van der Waals surface area contributed by atoms with Gasteiger partial charge in [0.2, 0.25) is 0 Å². The second-order valence-corrected chi connectivity index (χ2v) is 2.52. The van der Waals surface area contributed by atoms with Crippen molar-refractivity contribution in [2.75, 3.05) is 6.54 Å². The van der Waals surface area contributed by atoms with E-state index in [1.165, 1.54) is 0 Å². The lowest BCUT2D eigenvalue weighted by Crippen LogP contribution is -2.33. The van der Waals surface area contributed by atoms with Crippen LogP contribution in [0.3, 0.4) is 0 Å². The number of carbonyl (C=O) groups is 1. The molecular formula is C8H7N3O. The fourth-order valence-electron chi connectivity index (χ4n) is 1.08. The Morgan fingerprint density at radius 2 is 2.50 bits per heavy atom. The Kier molecular flexibility index (Phi) is 1.59. The zero-order valence-corrected chi connectivity index (χ0v) is 6.34. The third kappa shape index (κ3) is 1.07. The van der Waals surface area contributed by atoms with Gasteiger partial charge in [0.25, 0.3) is 0 Å². The van der Waals surface area contributed by atoms with Crippen LogP contribution in [0.5, 0.6) is 0 Å². The maximum Gasteiger partial charge on any atom is 0.149 e. The van der Waals surface area contributed by atoms with E-state index in [1.807, 2.05) is 4.90 Å². The molecule has 2 aliphatic rings. The molecule has 4 nitrogen and oxygen atoms in total. The van der Waals surface area contributed by atoms with Gasteiger partial charge < -0.3 is 4.90 Å². The second-order valence-electron chi connectivity index (χ2n) is 2.52. The van der Waals surface area contributed by atoms with Gasteiger partial charge in [-0.05, 0) is 6.08 Å². The smallest absolute Gasteiger partial charge is 0.149 e. The van der Waals surface area contributed by atoms with Gasteiger partial charge in [-0.25, -0.2) is 9.98 Å². The molecule has 12 heavy (non-hydrogen) atoms. The van der Waals surface area contributed by atoms with E-state index in [1.54, 1.807) is 24.8 Å². The lowest BCUT2D eigenvalue weighted by atomic mass is 10.2. The standard InChI is InChI=1S/C8H7N3O/c12-5-7-3-10-8-1-2-9-6-11(8)4-7/h1-3,5-6H,4H2. The van der Waals surface area contributed by atoms with Crippen LogP contribution in [0.2, 0.25) is 0 Å². The van der Waals surface area contributed by atoms with Gasteiger partial charge in [-0.15, -0.1) is 0 Å². The van der Waals surface area contributed by atoms with E-state index >= 15 is 0 Å². The van der Waals surface area contributed by atoms with Crippen molar-refractivity contribution in [1.82, 2.24) is 4.90 Å². The first kappa shape index (κ1) is 6.97. The first-order valence-electron chi connectivity index (χ1n) is 3.58. The van der Waals surface area contributed by atoms with E-state index in [0.29, 0.717) is 12.1 Å². The Morgan fingerprint density at radius 1 is 1.58 bits per heavy atom. The van der Waals surface area contributed by atoms with Gasteiger partial charge in [0.05, 0.1) is 12.9 Å². The summed E-state index contributed by atoms with van der Waals surface area (Å²) in [5, 5.41) is 0. The Bertz CT molecular complexity index is 325. The van der Waals surface area contributed by atoms with Crippen LogP contribution >= 0.6 is 0 Å². The van der Waals surface area contributed by atoms with Crippen molar-refractivity contribution < 1.29 is 4.79 Å². The van der Waals surface area contributed by atoms with Crippen LogP contribution in [0.1, 0.15) is 0 Å². The fraction of sp³-hybridized carbons (Fsp3) is 0.125. The minimum Gasteiger partial charge on any atom is -0.312 e. The average Bonchev–Trinajstić information content (AvgIpc) is 2.17. The fourth-order valence-corrected chi connectivity index (χ4v) is 1.08. The van der Waals surface area contributed by atoms with E-state index in [4.69, 9.17) is 0 Å². The van der Waals surface area contributed by atoms with Crippen LogP contribution in [0.4, 0.5) is 0 Å². The lowest BCUT2D eigenvalue weighted by molar-refractivity contribution is -0.105. The van der Waals surface area contributed by atoms with Gasteiger partial charge >= 0.3 is 0 Å². The van der Waals surface area contributed by atoms with Crippen LogP contribution in [-0.2, 0) is 4.79 Å².